The number of non-ortho nitro benzene ring substituents is 1. The Balaban J connectivity index is 2.15. The van der Waals surface area contributed by atoms with Gasteiger partial charge in [-0.15, -0.1) is 0 Å². The number of benzene rings is 1. The summed E-state index contributed by atoms with van der Waals surface area (Å²) in [6.07, 6.45) is 0. The highest BCUT2D eigenvalue weighted by molar-refractivity contribution is 5.61. The Labute approximate surface area is 127 Å². The third-order valence-corrected chi connectivity index (χ3v) is 3.51. The number of nitrogens with zero attached hydrogens (tertiary/aromatic N) is 3. The highest BCUT2D eigenvalue weighted by Gasteiger charge is 2.17. The number of aromatic nitrogens is 1. The average molecular weight is 300 g/mol. The molecule has 0 fully saturated rings. The second-order valence-corrected chi connectivity index (χ2v) is 5.12. The molecule has 0 aliphatic carbocycles. The number of aryl methyl sites for hydroxylation is 2. The lowest BCUT2D eigenvalue weighted by atomic mass is 9.99. The van der Waals surface area contributed by atoms with Crippen LogP contribution in [-0.4, -0.2) is 16.6 Å². The van der Waals surface area contributed by atoms with E-state index in [4.69, 9.17) is 9.78 Å². The zero-order valence-electron chi connectivity index (χ0n) is 12.6. The van der Waals surface area contributed by atoms with Crippen molar-refractivity contribution in [3.05, 3.63) is 50.9 Å². The molecule has 114 valence electrons. The number of hydrogen-bond acceptors (Lipinski definition) is 6. The van der Waals surface area contributed by atoms with Gasteiger partial charge >= 0.3 is 0 Å². The van der Waals surface area contributed by atoms with Gasteiger partial charge in [-0.05, 0) is 19.9 Å². The molecule has 0 amide bonds. The van der Waals surface area contributed by atoms with Crippen LogP contribution in [-0.2, 0) is 0 Å². The van der Waals surface area contributed by atoms with E-state index in [-0.39, 0.29) is 17.2 Å². The van der Waals surface area contributed by atoms with Crippen molar-refractivity contribution in [1.29, 1.82) is 5.26 Å². The summed E-state index contributed by atoms with van der Waals surface area (Å²) < 4.78 is 5.15. The van der Waals surface area contributed by atoms with Crippen molar-refractivity contribution in [1.82, 2.24) is 5.16 Å². The fourth-order valence-electron chi connectivity index (χ4n) is 2.45. The monoisotopic (exact) mass is 300 g/mol. The highest BCUT2D eigenvalue weighted by atomic mass is 16.6. The first kappa shape index (κ1) is 15.5. The van der Waals surface area contributed by atoms with Gasteiger partial charge in [-0.3, -0.25) is 10.1 Å². The maximum absolute atomic E-state index is 10.7. The van der Waals surface area contributed by atoms with E-state index in [2.05, 4.69) is 10.5 Å². The molecule has 0 unspecified atom stereocenters. The van der Waals surface area contributed by atoms with Gasteiger partial charge in [0.15, 0.2) is 0 Å². The Hall–Kier alpha value is -2.88. The summed E-state index contributed by atoms with van der Waals surface area (Å²) in [6, 6.07) is 6.17. The summed E-state index contributed by atoms with van der Waals surface area (Å²) in [5.41, 5.74) is 2.61. The normalized spacial score (nSPS) is 11.7. The molecular formula is C15H16N4O3. The van der Waals surface area contributed by atoms with E-state index in [0.29, 0.717) is 12.2 Å². The lowest BCUT2D eigenvalue weighted by Gasteiger charge is -2.14. The summed E-state index contributed by atoms with van der Waals surface area (Å²) in [4.78, 5) is 10.2. The largest absolute Gasteiger partial charge is 0.383 e. The van der Waals surface area contributed by atoms with Crippen LogP contribution in [0.2, 0.25) is 0 Å². The number of nitro groups is 1. The average Bonchev–Trinajstić information content (AvgIpc) is 2.83. The SMILES string of the molecule is Cc1noc(C)c1[C@@H](C)CNc1ccc([N+](=O)[O-])cc1C#N. The lowest BCUT2D eigenvalue weighted by Crippen LogP contribution is -2.12. The van der Waals surface area contributed by atoms with Gasteiger partial charge in [0.2, 0.25) is 0 Å². The first-order valence-electron chi connectivity index (χ1n) is 6.79. The van der Waals surface area contributed by atoms with Crippen molar-refractivity contribution in [2.24, 2.45) is 0 Å². The molecule has 0 aliphatic rings. The fourth-order valence-corrected chi connectivity index (χ4v) is 2.45. The molecule has 0 saturated heterocycles. The summed E-state index contributed by atoms with van der Waals surface area (Å²) in [7, 11) is 0. The molecule has 22 heavy (non-hydrogen) atoms. The minimum atomic E-state index is -0.517. The van der Waals surface area contributed by atoms with E-state index < -0.39 is 4.92 Å². The highest BCUT2D eigenvalue weighted by Crippen LogP contribution is 2.25. The summed E-state index contributed by atoms with van der Waals surface area (Å²) >= 11 is 0. The van der Waals surface area contributed by atoms with Crippen LogP contribution in [0.5, 0.6) is 0 Å². The number of hydrogen-bond donors (Lipinski definition) is 1. The van der Waals surface area contributed by atoms with Gasteiger partial charge in [-0.2, -0.15) is 5.26 Å². The van der Waals surface area contributed by atoms with Gasteiger partial charge in [0.05, 0.1) is 21.9 Å². The van der Waals surface area contributed by atoms with Crippen LogP contribution >= 0.6 is 0 Å². The predicted molar refractivity (Wildman–Crippen MR) is 80.7 cm³/mol. The maximum atomic E-state index is 10.7. The van der Waals surface area contributed by atoms with E-state index in [1.165, 1.54) is 12.1 Å². The molecule has 7 heteroatoms. The van der Waals surface area contributed by atoms with Crippen LogP contribution in [0.25, 0.3) is 0 Å². The summed E-state index contributed by atoms with van der Waals surface area (Å²) in [5, 5.41) is 26.9. The molecule has 7 nitrogen and oxygen atoms in total. The first-order chi connectivity index (χ1) is 10.4. The number of anilines is 1. The lowest BCUT2D eigenvalue weighted by molar-refractivity contribution is -0.384. The Morgan fingerprint density at radius 2 is 2.23 bits per heavy atom. The van der Waals surface area contributed by atoms with Gasteiger partial charge in [0.25, 0.3) is 5.69 Å². The second-order valence-electron chi connectivity index (χ2n) is 5.12. The second kappa shape index (κ2) is 6.26. The predicted octanol–water partition coefficient (Wildman–Crippen LogP) is 3.29. The topological polar surface area (TPSA) is 105 Å². The minimum absolute atomic E-state index is 0.0964. The Kier molecular flexibility index (Phi) is 4.41. The minimum Gasteiger partial charge on any atom is -0.383 e. The first-order valence-corrected chi connectivity index (χ1v) is 6.79. The number of rotatable bonds is 5. The quantitative estimate of drug-likeness (QED) is 0.671. The van der Waals surface area contributed by atoms with Gasteiger partial charge in [-0.1, -0.05) is 12.1 Å². The zero-order chi connectivity index (χ0) is 16.3. The van der Waals surface area contributed by atoms with Crippen LogP contribution < -0.4 is 5.32 Å². The van der Waals surface area contributed by atoms with Crippen LogP contribution in [0.15, 0.2) is 22.7 Å². The maximum Gasteiger partial charge on any atom is 0.270 e. The molecule has 0 aliphatic heterocycles. The Morgan fingerprint density at radius 3 is 2.77 bits per heavy atom. The molecule has 1 aromatic carbocycles. The smallest absolute Gasteiger partial charge is 0.270 e. The Morgan fingerprint density at radius 1 is 1.50 bits per heavy atom. The molecule has 0 saturated carbocycles. The van der Waals surface area contributed by atoms with Gasteiger partial charge in [0, 0.05) is 30.2 Å². The van der Waals surface area contributed by atoms with Crippen molar-refractivity contribution < 1.29 is 9.45 Å². The number of nitriles is 1. The van der Waals surface area contributed by atoms with Crippen LogP contribution in [0.1, 0.15) is 35.4 Å². The van der Waals surface area contributed by atoms with Crippen molar-refractivity contribution in [2.45, 2.75) is 26.7 Å². The molecule has 1 heterocycles. The van der Waals surface area contributed by atoms with Crippen molar-refractivity contribution >= 4 is 11.4 Å². The van der Waals surface area contributed by atoms with E-state index in [1.54, 1.807) is 6.07 Å². The molecule has 2 rings (SSSR count). The van der Waals surface area contributed by atoms with Crippen LogP contribution in [0, 0.1) is 35.3 Å². The molecule has 0 radical (unpaired) electrons. The van der Waals surface area contributed by atoms with E-state index in [1.807, 2.05) is 26.8 Å². The summed E-state index contributed by atoms with van der Waals surface area (Å²) in [6.45, 7) is 6.33. The number of nitro benzene ring substituents is 1. The standard InChI is InChI=1S/C15H16N4O3/c1-9(15-10(2)18-22-11(15)3)8-17-14-5-4-13(19(20)21)6-12(14)7-16/h4-6,9,17H,8H2,1-3H3/t9-/m0/s1. The molecule has 2 aromatic rings. The third-order valence-electron chi connectivity index (χ3n) is 3.51. The molecule has 0 bridgehead atoms. The van der Waals surface area contributed by atoms with Gasteiger partial charge in [-0.25, -0.2) is 0 Å². The zero-order valence-corrected chi connectivity index (χ0v) is 12.6. The van der Waals surface area contributed by atoms with Gasteiger partial charge in [0.1, 0.15) is 11.8 Å². The van der Waals surface area contributed by atoms with E-state index >= 15 is 0 Å². The fraction of sp³-hybridized carbons (Fsp3) is 0.333. The van der Waals surface area contributed by atoms with E-state index in [9.17, 15) is 10.1 Å². The van der Waals surface area contributed by atoms with Crippen molar-refractivity contribution in [3.8, 4) is 6.07 Å². The third kappa shape index (κ3) is 3.06. The molecule has 0 spiro atoms. The van der Waals surface area contributed by atoms with Crippen molar-refractivity contribution in [2.75, 3.05) is 11.9 Å². The molecular weight excluding hydrogens is 284 g/mol. The molecule has 1 atom stereocenters. The van der Waals surface area contributed by atoms with Crippen LogP contribution in [0.4, 0.5) is 11.4 Å². The van der Waals surface area contributed by atoms with Crippen LogP contribution in [0.3, 0.4) is 0 Å². The molecule has 1 N–H and O–H groups in total. The van der Waals surface area contributed by atoms with E-state index in [0.717, 1.165) is 17.0 Å². The van der Waals surface area contributed by atoms with Gasteiger partial charge < -0.3 is 9.84 Å². The summed E-state index contributed by atoms with van der Waals surface area (Å²) in [5.74, 6) is 0.906. The number of nitrogens with one attached hydrogen (secondary N) is 1. The Bertz CT molecular complexity index is 726. The molecule has 1 aromatic heterocycles. The van der Waals surface area contributed by atoms with Crippen molar-refractivity contribution in [3.63, 3.8) is 0 Å².